The summed E-state index contributed by atoms with van der Waals surface area (Å²) in [5.41, 5.74) is 0. The summed E-state index contributed by atoms with van der Waals surface area (Å²) in [6.45, 7) is 0.939. The van der Waals surface area contributed by atoms with E-state index in [4.69, 9.17) is 0 Å². The molecule has 0 radical (unpaired) electrons. The normalized spacial score (nSPS) is 40.9. The molecular weight excluding hydrogens is 244 g/mol. The number of rotatable bonds is 2. The van der Waals surface area contributed by atoms with Gasteiger partial charge in [0.15, 0.2) is 0 Å². The third kappa shape index (κ3) is 2.33. The molecule has 3 rings (SSSR count). The first-order valence-electron chi connectivity index (χ1n) is 6.82. The summed E-state index contributed by atoms with van der Waals surface area (Å²) in [6, 6.07) is 0.106. The summed E-state index contributed by atoms with van der Waals surface area (Å²) < 4.78 is 27.7. The number of nitrogens with one attached hydrogen (secondary N) is 1. The van der Waals surface area contributed by atoms with Crippen molar-refractivity contribution in [3.63, 3.8) is 0 Å². The van der Waals surface area contributed by atoms with Gasteiger partial charge in [-0.15, -0.1) is 12.4 Å². The predicted molar refractivity (Wildman–Crippen MR) is 66.8 cm³/mol. The second-order valence-corrected chi connectivity index (χ2v) is 5.83. The zero-order valence-corrected chi connectivity index (χ0v) is 10.9. The Hall–Kier alpha value is 0.110. The van der Waals surface area contributed by atoms with Crippen molar-refractivity contribution in [1.82, 2.24) is 5.32 Å². The largest absolute Gasteiger partial charge is 0.313 e. The molecule has 0 aromatic rings. The number of halogens is 3. The average molecular weight is 266 g/mol. The van der Waals surface area contributed by atoms with Crippen LogP contribution in [-0.4, -0.2) is 18.5 Å². The van der Waals surface area contributed by atoms with Gasteiger partial charge in [0.2, 0.25) is 0 Å². The van der Waals surface area contributed by atoms with Crippen LogP contribution in [0.3, 0.4) is 0 Å². The summed E-state index contributed by atoms with van der Waals surface area (Å²) in [7, 11) is 0. The van der Waals surface area contributed by atoms with E-state index in [1.54, 1.807) is 0 Å². The fourth-order valence-corrected chi connectivity index (χ4v) is 4.00. The Morgan fingerprint density at radius 3 is 2.12 bits per heavy atom. The average Bonchev–Trinajstić information content (AvgIpc) is 2.70. The lowest BCUT2D eigenvalue weighted by Gasteiger charge is -2.23. The summed E-state index contributed by atoms with van der Waals surface area (Å²) >= 11 is 0. The highest BCUT2D eigenvalue weighted by atomic mass is 35.5. The Morgan fingerprint density at radius 2 is 1.53 bits per heavy atom. The third-order valence-corrected chi connectivity index (χ3v) is 4.86. The molecule has 0 aromatic heterocycles. The first kappa shape index (κ1) is 13.5. The molecule has 3 atom stereocenters. The van der Waals surface area contributed by atoms with E-state index < -0.39 is 5.92 Å². The second-order valence-electron chi connectivity index (χ2n) is 5.83. The van der Waals surface area contributed by atoms with E-state index in [2.05, 4.69) is 5.32 Å². The van der Waals surface area contributed by atoms with E-state index in [-0.39, 0.29) is 30.3 Å². The van der Waals surface area contributed by atoms with Crippen molar-refractivity contribution in [2.75, 3.05) is 6.54 Å². The van der Waals surface area contributed by atoms with Crippen LogP contribution in [0.25, 0.3) is 0 Å². The van der Waals surface area contributed by atoms with Gasteiger partial charge in [-0.05, 0) is 38.1 Å². The lowest BCUT2D eigenvalue weighted by molar-refractivity contribution is 0.0672. The van der Waals surface area contributed by atoms with Crippen molar-refractivity contribution in [3.05, 3.63) is 0 Å². The van der Waals surface area contributed by atoms with Crippen LogP contribution in [-0.2, 0) is 0 Å². The highest BCUT2D eigenvalue weighted by Gasteiger charge is 2.72. The molecule has 2 saturated carbocycles. The molecule has 100 valence electrons. The van der Waals surface area contributed by atoms with Crippen LogP contribution < -0.4 is 5.32 Å². The minimum Gasteiger partial charge on any atom is -0.313 e. The van der Waals surface area contributed by atoms with Crippen molar-refractivity contribution in [1.29, 1.82) is 0 Å². The fraction of sp³-hybridized carbons (Fsp3) is 1.00. The molecule has 0 bridgehead atoms. The van der Waals surface area contributed by atoms with E-state index in [9.17, 15) is 8.78 Å². The van der Waals surface area contributed by atoms with Crippen LogP contribution in [0.1, 0.15) is 44.9 Å². The summed E-state index contributed by atoms with van der Waals surface area (Å²) in [6.07, 6.45) is 7.67. The Balaban J connectivity index is 0.00000108. The van der Waals surface area contributed by atoms with Crippen LogP contribution in [0.15, 0.2) is 0 Å². The van der Waals surface area contributed by atoms with Crippen molar-refractivity contribution in [3.8, 4) is 0 Å². The van der Waals surface area contributed by atoms with Crippen molar-refractivity contribution < 1.29 is 8.78 Å². The zero-order valence-electron chi connectivity index (χ0n) is 10.1. The molecular formula is C13H22ClF2N. The Labute approximate surface area is 108 Å². The first-order valence-corrected chi connectivity index (χ1v) is 6.82. The van der Waals surface area contributed by atoms with Crippen LogP contribution in [0.5, 0.6) is 0 Å². The molecule has 2 aliphatic carbocycles. The minimum absolute atomic E-state index is 0. The molecule has 1 aliphatic heterocycles. The number of hydrogen-bond donors (Lipinski definition) is 1. The standard InChI is InChI=1S/C13H21F2N.ClH/c14-13(15)11(9-5-1-2-6-9)12(13)10-7-3-4-8-16-10;/h9-12,16H,1-8H2;1H. The molecule has 1 heterocycles. The van der Waals surface area contributed by atoms with Gasteiger partial charge in [-0.1, -0.05) is 19.3 Å². The van der Waals surface area contributed by atoms with Crippen LogP contribution in [0.2, 0.25) is 0 Å². The molecule has 3 fully saturated rings. The summed E-state index contributed by atoms with van der Waals surface area (Å²) in [4.78, 5) is 0. The van der Waals surface area contributed by atoms with Gasteiger partial charge in [-0.25, -0.2) is 8.78 Å². The van der Waals surface area contributed by atoms with E-state index in [1.807, 2.05) is 0 Å². The third-order valence-electron chi connectivity index (χ3n) is 4.86. The second kappa shape index (κ2) is 5.00. The lowest BCUT2D eigenvalue weighted by Crippen LogP contribution is -2.37. The van der Waals surface area contributed by atoms with E-state index in [0.29, 0.717) is 5.92 Å². The van der Waals surface area contributed by atoms with Crippen molar-refractivity contribution in [2.45, 2.75) is 56.9 Å². The summed E-state index contributed by atoms with van der Waals surface area (Å²) in [5.74, 6) is -2.66. The predicted octanol–water partition coefficient (Wildman–Crippen LogP) is 3.62. The number of alkyl halides is 2. The minimum atomic E-state index is -2.36. The molecule has 4 heteroatoms. The molecule has 1 nitrogen and oxygen atoms in total. The summed E-state index contributed by atoms with van der Waals surface area (Å²) in [5, 5.41) is 3.31. The van der Waals surface area contributed by atoms with Gasteiger partial charge < -0.3 is 5.32 Å². The molecule has 0 spiro atoms. The van der Waals surface area contributed by atoms with Gasteiger partial charge in [0, 0.05) is 17.9 Å². The quantitative estimate of drug-likeness (QED) is 0.804. The number of piperidine rings is 1. The monoisotopic (exact) mass is 265 g/mol. The van der Waals surface area contributed by atoms with Crippen LogP contribution in [0, 0.1) is 17.8 Å². The van der Waals surface area contributed by atoms with E-state index in [0.717, 1.165) is 38.6 Å². The maximum Gasteiger partial charge on any atom is 0.256 e. The smallest absolute Gasteiger partial charge is 0.256 e. The maximum absolute atomic E-state index is 13.9. The molecule has 3 aliphatic rings. The Morgan fingerprint density at radius 1 is 0.882 bits per heavy atom. The van der Waals surface area contributed by atoms with Gasteiger partial charge >= 0.3 is 0 Å². The Bertz CT molecular complexity index is 260. The van der Waals surface area contributed by atoms with Gasteiger partial charge in [-0.3, -0.25) is 0 Å². The molecule has 1 saturated heterocycles. The van der Waals surface area contributed by atoms with Crippen LogP contribution >= 0.6 is 12.4 Å². The SMILES string of the molecule is Cl.FC1(F)C(C2CCCC2)C1C1CCCCN1. The highest BCUT2D eigenvalue weighted by molar-refractivity contribution is 5.85. The molecule has 0 amide bonds. The topological polar surface area (TPSA) is 12.0 Å². The van der Waals surface area contributed by atoms with Gasteiger partial charge in [-0.2, -0.15) is 0 Å². The fourth-order valence-electron chi connectivity index (χ4n) is 4.00. The van der Waals surface area contributed by atoms with Gasteiger partial charge in [0.05, 0.1) is 0 Å². The van der Waals surface area contributed by atoms with Crippen molar-refractivity contribution >= 4 is 12.4 Å². The highest BCUT2D eigenvalue weighted by Crippen LogP contribution is 2.63. The first-order chi connectivity index (χ1) is 7.71. The lowest BCUT2D eigenvalue weighted by atomic mass is 9.94. The Kier molecular flexibility index (Phi) is 3.99. The number of hydrogen-bond acceptors (Lipinski definition) is 1. The van der Waals surface area contributed by atoms with Gasteiger partial charge in [0.25, 0.3) is 5.92 Å². The van der Waals surface area contributed by atoms with E-state index in [1.165, 1.54) is 12.8 Å². The van der Waals surface area contributed by atoms with Gasteiger partial charge in [0.1, 0.15) is 0 Å². The van der Waals surface area contributed by atoms with Crippen molar-refractivity contribution in [2.24, 2.45) is 17.8 Å². The molecule has 17 heavy (non-hydrogen) atoms. The molecule has 0 aromatic carbocycles. The maximum atomic E-state index is 13.9. The van der Waals surface area contributed by atoms with E-state index >= 15 is 0 Å². The molecule has 3 unspecified atom stereocenters. The van der Waals surface area contributed by atoms with Crippen LogP contribution in [0.4, 0.5) is 8.78 Å². The zero-order chi connectivity index (χ0) is 11.2. The molecule has 1 N–H and O–H groups in total.